The summed E-state index contributed by atoms with van der Waals surface area (Å²) in [5.41, 5.74) is 6.42. The van der Waals surface area contributed by atoms with E-state index in [1.165, 1.54) is 0 Å². The number of hydrogen-bond donors (Lipinski definition) is 1. The van der Waals surface area contributed by atoms with E-state index in [2.05, 4.69) is 0 Å². The highest BCUT2D eigenvalue weighted by atomic mass is 35.5. The van der Waals surface area contributed by atoms with E-state index in [0.29, 0.717) is 42.7 Å². The number of halogens is 3. The number of hydrogen-bond acceptors (Lipinski definition) is 3. The molecule has 0 spiro atoms. The Morgan fingerprint density at radius 1 is 1.40 bits per heavy atom. The van der Waals surface area contributed by atoms with Crippen molar-refractivity contribution in [1.29, 1.82) is 0 Å². The second-order valence-corrected chi connectivity index (χ2v) is 5.31. The Balaban J connectivity index is 0.00000200. The smallest absolute Gasteiger partial charge is 0.227 e. The number of amides is 1. The van der Waals surface area contributed by atoms with Gasteiger partial charge in [-0.2, -0.15) is 0 Å². The predicted octanol–water partition coefficient (Wildman–Crippen LogP) is 2.14. The van der Waals surface area contributed by atoms with Crippen molar-refractivity contribution >= 4 is 41.5 Å². The molecule has 1 unspecified atom stereocenters. The van der Waals surface area contributed by atoms with Crippen LogP contribution in [0.4, 0.5) is 0 Å². The summed E-state index contributed by atoms with van der Waals surface area (Å²) in [6.07, 6.45) is 0.250. The lowest BCUT2D eigenvalue weighted by Gasteiger charge is -2.32. The first-order valence-corrected chi connectivity index (χ1v) is 6.89. The van der Waals surface area contributed by atoms with Gasteiger partial charge in [0.2, 0.25) is 5.91 Å². The van der Waals surface area contributed by atoms with Gasteiger partial charge in [0.1, 0.15) is 0 Å². The summed E-state index contributed by atoms with van der Waals surface area (Å²) in [6, 6.07) is 5.24. The van der Waals surface area contributed by atoms with Gasteiger partial charge in [0.15, 0.2) is 0 Å². The zero-order chi connectivity index (χ0) is 13.8. The summed E-state index contributed by atoms with van der Waals surface area (Å²) in [5, 5.41) is 0.959. The predicted molar refractivity (Wildman–Crippen MR) is 82.8 cm³/mol. The molecule has 2 N–H and O–H groups in total. The van der Waals surface area contributed by atoms with Crippen LogP contribution in [0.15, 0.2) is 18.2 Å². The van der Waals surface area contributed by atoms with Crippen LogP contribution in [0.5, 0.6) is 0 Å². The number of carbonyl (C=O) groups is 1. The number of nitrogens with two attached hydrogens (primary N) is 1. The normalized spacial score (nSPS) is 18.6. The van der Waals surface area contributed by atoms with Crippen molar-refractivity contribution in [2.75, 3.05) is 26.2 Å². The van der Waals surface area contributed by atoms with Crippen LogP contribution in [0.1, 0.15) is 5.56 Å². The quantitative estimate of drug-likeness (QED) is 0.918. The van der Waals surface area contributed by atoms with Crippen LogP contribution in [-0.4, -0.2) is 43.2 Å². The summed E-state index contributed by atoms with van der Waals surface area (Å²) < 4.78 is 5.44. The van der Waals surface area contributed by atoms with Crippen molar-refractivity contribution in [3.05, 3.63) is 33.8 Å². The SMILES string of the molecule is Cl.NCC1CN(C(=O)Cc2ccc(Cl)c(Cl)c2)CCO1. The fraction of sp³-hybridized carbons (Fsp3) is 0.462. The number of morpholine rings is 1. The highest BCUT2D eigenvalue weighted by Crippen LogP contribution is 2.23. The van der Waals surface area contributed by atoms with Gasteiger partial charge in [0.05, 0.1) is 29.2 Å². The minimum absolute atomic E-state index is 0. The van der Waals surface area contributed by atoms with Crippen LogP contribution in [-0.2, 0) is 16.0 Å². The highest BCUT2D eigenvalue weighted by Gasteiger charge is 2.23. The topological polar surface area (TPSA) is 55.6 Å². The highest BCUT2D eigenvalue weighted by molar-refractivity contribution is 6.42. The van der Waals surface area contributed by atoms with Crippen LogP contribution >= 0.6 is 35.6 Å². The van der Waals surface area contributed by atoms with Crippen molar-refractivity contribution in [2.24, 2.45) is 5.73 Å². The van der Waals surface area contributed by atoms with Gasteiger partial charge in [-0.1, -0.05) is 29.3 Å². The lowest BCUT2D eigenvalue weighted by Crippen LogP contribution is -2.48. The second kappa shape index (κ2) is 8.05. The average molecular weight is 340 g/mol. The largest absolute Gasteiger partial charge is 0.373 e. The molecule has 1 amide bonds. The molecule has 0 radical (unpaired) electrons. The molecule has 2 rings (SSSR count). The van der Waals surface area contributed by atoms with E-state index in [1.807, 2.05) is 6.07 Å². The van der Waals surface area contributed by atoms with Gasteiger partial charge in [0.25, 0.3) is 0 Å². The maximum atomic E-state index is 12.2. The van der Waals surface area contributed by atoms with Gasteiger partial charge >= 0.3 is 0 Å². The molecule has 0 aromatic heterocycles. The molecule has 1 saturated heterocycles. The van der Waals surface area contributed by atoms with Gasteiger partial charge in [-0.15, -0.1) is 12.4 Å². The first kappa shape index (κ1) is 17.5. The monoisotopic (exact) mass is 338 g/mol. The van der Waals surface area contributed by atoms with Crippen LogP contribution < -0.4 is 5.73 Å². The fourth-order valence-corrected chi connectivity index (χ4v) is 2.35. The first-order chi connectivity index (χ1) is 9.10. The molecule has 1 atom stereocenters. The standard InChI is InChI=1S/C13H16Cl2N2O2.ClH/c14-11-2-1-9(5-12(11)15)6-13(18)17-3-4-19-10(7-16)8-17;/h1-2,5,10H,3-4,6-8,16H2;1H. The number of rotatable bonds is 3. The number of benzene rings is 1. The molecule has 0 aliphatic carbocycles. The van der Waals surface area contributed by atoms with Gasteiger partial charge in [-0.25, -0.2) is 0 Å². The molecular weight excluding hydrogens is 323 g/mol. The molecule has 1 fully saturated rings. The summed E-state index contributed by atoms with van der Waals surface area (Å²) in [6.45, 7) is 2.12. The summed E-state index contributed by atoms with van der Waals surface area (Å²) in [7, 11) is 0. The van der Waals surface area contributed by atoms with E-state index < -0.39 is 0 Å². The Bertz CT molecular complexity index is 471. The molecule has 1 aromatic carbocycles. The minimum atomic E-state index is -0.0634. The van der Waals surface area contributed by atoms with Crippen LogP contribution in [0, 0.1) is 0 Å². The summed E-state index contributed by atoms with van der Waals surface area (Å²) in [5.74, 6) is 0.0557. The maximum Gasteiger partial charge on any atom is 0.227 e. The summed E-state index contributed by atoms with van der Waals surface area (Å²) >= 11 is 11.8. The lowest BCUT2D eigenvalue weighted by atomic mass is 10.1. The molecule has 112 valence electrons. The third-order valence-electron chi connectivity index (χ3n) is 3.09. The Morgan fingerprint density at radius 2 is 2.15 bits per heavy atom. The van der Waals surface area contributed by atoms with Crippen LogP contribution in [0.2, 0.25) is 10.0 Å². The molecule has 1 heterocycles. The van der Waals surface area contributed by atoms with E-state index in [1.54, 1.807) is 17.0 Å². The Morgan fingerprint density at radius 3 is 2.80 bits per heavy atom. The van der Waals surface area contributed by atoms with Crippen molar-refractivity contribution < 1.29 is 9.53 Å². The van der Waals surface area contributed by atoms with E-state index >= 15 is 0 Å². The van der Waals surface area contributed by atoms with E-state index in [9.17, 15) is 4.79 Å². The average Bonchev–Trinajstić information content (AvgIpc) is 2.43. The van der Waals surface area contributed by atoms with Crippen molar-refractivity contribution in [3.63, 3.8) is 0 Å². The van der Waals surface area contributed by atoms with Gasteiger partial charge in [-0.3, -0.25) is 4.79 Å². The van der Waals surface area contributed by atoms with Crippen molar-refractivity contribution in [1.82, 2.24) is 4.90 Å². The molecule has 0 saturated carbocycles. The number of nitrogens with zero attached hydrogens (tertiary/aromatic N) is 1. The van der Waals surface area contributed by atoms with Crippen molar-refractivity contribution in [2.45, 2.75) is 12.5 Å². The molecule has 1 aliphatic rings. The molecular formula is C13H17Cl3N2O2. The fourth-order valence-electron chi connectivity index (χ4n) is 2.02. The Labute approximate surface area is 134 Å². The van der Waals surface area contributed by atoms with E-state index in [4.69, 9.17) is 33.7 Å². The van der Waals surface area contributed by atoms with E-state index in [0.717, 1.165) is 5.56 Å². The molecule has 7 heteroatoms. The zero-order valence-electron chi connectivity index (χ0n) is 10.9. The number of carbonyl (C=O) groups excluding carboxylic acids is 1. The van der Waals surface area contributed by atoms with E-state index in [-0.39, 0.29) is 24.4 Å². The zero-order valence-corrected chi connectivity index (χ0v) is 13.2. The molecule has 1 aromatic rings. The van der Waals surface area contributed by atoms with Gasteiger partial charge in [0, 0.05) is 19.6 Å². The molecule has 1 aliphatic heterocycles. The first-order valence-electron chi connectivity index (χ1n) is 6.13. The van der Waals surface area contributed by atoms with Crippen LogP contribution in [0.25, 0.3) is 0 Å². The Hall–Kier alpha value is -0.520. The van der Waals surface area contributed by atoms with Crippen LogP contribution in [0.3, 0.4) is 0 Å². The third kappa shape index (κ3) is 4.50. The second-order valence-electron chi connectivity index (χ2n) is 4.49. The Kier molecular flexibility index (Phi) is 7.06. The minimum Gasteiger partial charge on any atom is -0.373 e. The maximum absolute atomic E-state index is 12.2. The third-order valence-corrected chi connectivity index (χ3v) is 3.83. The number of ether oxygens (including phenoxy) is 1. The van der Waals surface area contributed by atoms with Gasteiger partial charge in [-0.05, 0) is 17.7 Å². The molecule has 20 heavy (non-hydrogen) atoms. The lowest BCUT2D eigenvalue weighted by molar-refractivity contribution is -0.137. The van der Waals surface area contributed by atoms with Gasteiger partial charge < -0.3 is 15.4 Å². The summed E-state index contributed by atoms with van der Waals surface area (Å²) in [4.78, 5) is 14.0. The molecule has 0 bridgehead atoms. The molecule has 4 nitrogen and oxygen atoms in total. The van der Waals surface area contributed by atoms with Crippen molar-refractivity contribution in [3.8, 4) is 0 Å².